The van der Waals surface area contributed by atoms with Crippen molar-refractivity contribution in [3.63, 3.8) is 0 Å². The first kappa shape index (κ1) is 12.3. The lowest BCUT2D eigenvalue weighted by atomic mass is 9.98. The van der Waals surface area contributed by atoms with Gasteiger partial charge in [0.05, 0.1) is 5.60 Å². The summed E-state index contributed by atoms with van der Waals surface area (Å²) in [6, 6.07) is 0.0789. The topological polar surface area (TPSA) is 43.8 Å². The van der Waals surface area contributed by atoms with Crippen LogP contribution in [-0.2, 0) is 0 Å². The van der Waals surface area contributed by atoms with E-state index in [9.17, 15) is 9.90 Å². The van der Waals surface area contributed by atoms with E-state index in [2.05, 4.69) is 0 Å². The van der Waals surface area contributed by atoms with E-state index in [1.54, 1.807) is 4.90 Å². The Kier molecular flexibility index (Phi) is 3.97. The maximum absolute atomic E-state index is 11.9. The molecule has 0 spiro atoms. The second kappa shape index (κ2) is 4.84. The molecule has 1 aliphatic heterocycles. The molecule has 0 aromatic rings. The van der Waals surface area contributed by atoms with Crippen LogP contribution in [0.3, 0.4) is 0 Å². The number of carbonyl (C=O) groups excluding carboxylic acids is 1. The van der Waals surface area contributed by atoms with Crippen LogP contribution >= 0.6 is 0 Å². The Morgan fingerprint density at radius 3 is 2.73 bits per heavy atom. The van der Waals surface area contributed by atoms with Crippen molar-refractivity contribution in [3.05, 3.63) is 0 Å². The van der Waals surface area contributed by atoms with Crippen LogP contribution in [0.25, 0.3) is 0 Å². The highest BCUT2D eigenvalue weighted by Crippen LogP contribution is 2.21. The molecule has 1 unspecified atom stereocenters. The fraction of sp³-hybridized carbons (Fsp3) is 0.909. The molecule has 4 heteroatoms. The normalized spacial score (nSPS) is 27.3. The molecule has 1 fully saturated rings. The predicted molar refractivity (Wildman–Crippen MR) is 59.7 cm³/mol. The van der Waals surface area contributed by atoms with Gasteiger partial charge in [-0.15, -0.1) is 0 Å². The lowest BCUT2D eigenvalue weighted by molar-refractivity contribution is 0.0453. The molecule has 1 atom stereocenters. The Bertz CT molecular complexity index is 229. The van der Waals surface area contributed by atoms with Crippen molar-refractivity contribution in [3.8, 4) is 0 Å². The van der Waals surface area contributed by atoms with Crippen LogP contribution in [0.5, 0.6) is 0 Å². The average molecular weight is 214 g/mol. The monoisotopic (exact) mass is 214 g/mol. The third-order valence-electron chi connectivity index (χ3n) is 3.14. The average Bonchev–Trinajstić information content (AvgIpc) is 2.37. The highest BCUT2D eigenvalue weighted by atomic mass is 16.3. The van der Waals surface area contributed by atoms with Crippen LogP contribution in [-0.4, -0.2) is 53.2 Å². The summed E-state index contributed by atoms with van der Waals surface area (Å²) in [5.41, 5.74) is -0.597. The van der Waals surface area contributed by atoms with E-state index in [-0.39, 0.29) is 6.03 Å². The van der Waals surface area contributed by atoms with Gasteiger partial charge < -0.3 is 14.9 Å². The minimum absolute atomic E-state index is 0.0789. The number of aliphatic hydroxyl groups is 1. The Morgan fingerprint density at radius 1 is 1.47 bits per heavy atom. The first-order chi connectivity index (χ1) is 6.96. The van der Waals surface area contributed by atoms with Crippen LogP contribution in [0, 0.1) is 0 Å². The molecule has 0 aliphatic carbocycles. The number of nitrogens with zero attached hydrogens (tertiary/aromatic N) is 2. The quantitative estimate of drug-likeness (QED) is 0.715. The van der Waals surface area contributed by atoms with Gasteiger partial charge in [-0.3, -0.25) is 0 Å². The lowest BCUT2D eigenvalue weighted by Gasteiger charge is -2.26. The molecule has 0 aromatic heterocycles. The fourth-order valence-corrected chi connectivity index (χ4v) is 1.83. The van der Waals surface area contributed by atoms with Gasteiger partial charge in [-0.25, -0.2) is 4.79 Å². The van der Waals surface area contributed by atoms with Crippen LogP contribution in [0.4, 0.5) is 4.79 Å². The van der Waals surface area contributed by atoms with Gasteiger partial charge in [0.1, 0.15) is 0 Å². The van der Waals surface area contributed by atoms with Gasteiger partial charge in [0.15, 0.2) is 0 Å². The smallest absolute Gasteiger partial charge is 0.319 e. The Hall–Kier alpha value is -0.770. The Labute approximate surface area is 91.9 Å². The second-order valence-electron chi connectivity index (χ2n) is 4.63. The van der Waals surface area contributed by atoms with E-state index in [1.165, 1.54) is 0 Å². The van der Waals surface area contributed by atoms with Crippen LogP contribution in [0.2, 0.25) is 0 Å². The molecule has 1 N–H and O–H groups in total. The van der Waals surface area contributed by atoms with Crippen molar-refractivity contribution in [2.45, 2.75) is 38.7 Å². The molecule has 0 radical (unpaired) electrons. The molecule has 1 heterocycles. The van der Waals surface area contributed by atoms with Crippen molar-refractivity contribution >= 4 is 6.03 Å². The van der Waals surface area contributed by atoms with Gasteiger partial charge in [0.25, 0.3) is 0 Å². The summed E-state index contributed by atoms with van der Waals surface area (Å²) in [4.78, 5) is 15.4. The number of carbonyl (C=O) groups is 1. The van der Waals surface area contributed by atoms with Crippen molar-refractivity contribution < 1.29 is 9.90 Å². The number of rotatable bonds is 1. The molecule has 0 bridgehead atoms. The summed E-state index contributed by atoms with van der Waals surface area (Å²) in [7, 11) is 1.81. The zero-order chi connectivity index (χ0) is 11.5. The third-order valence-corrected chi connectivity index (χ3v) is 3.14. The zero-order valence-corrected chi connectivity index (χ0v) is 9.99. The summed E-state index contributed by atoms with van der Waals surface area (Å²) in [5.74, 6) is 0. The van der Waals surface area contributed by atoms with Crippen LogP contribution in [0.1, 0.15) is 33.1 Å². The van der Waals surface area contributed by atoms with Gasteiger partial charge in [0.2, 0.25) is 0 Å². The van der Waals surface area contributed by atoms with E-state index in [1.807, 2.05) is 25.8 Å². The van der Waals surface area contributed by atoms with E-state index >= 15 is 0 Å². The van der Waals surface area contributed by atoms with Gasteiger partial charge in [-0.1, -0.05) is 0 Å². The maximum atomic E-state index is 11.9. The SMILES string of the molecule is CCN(C)C(=O)N1CCCC(C)(O)CC1. The van der Waals surface area contributed by atoms with Gasteiger partial charge in [0, 0.05) is 26.7 Å². The highest BCUT2D eigenvalue weighted by molar-refractivity contribution is 5.74. The number of amides is 2. The molecular formula is C11H22N2O2. The number of urea groups is 1. The first-order valence-electron chi connectivity index (χ1n) is 5.69. The molecule has 4 nitrogen and oxygen atoms in total. The maximum Gasteiger partial charge on any atom is 0.319 e. The minimum Gasteiger partial charge on any atom is -0.390 e. The molecule has 2 amide bonds. The van der Waals surface area contributed by atoms with Crippen molar-refractivity contribution in [1.29, 1.82) is 0 Å². The van der Waals surface area contributed by atoms with Crippen LogP contribution < -0.4 is 0 Å². The van der Waals surface area contributed by atoms with E-state index in [0.29, 0.717) is 13.0 Å². The summed E-state index contributed by atoms with van der Waals surface area (Å²) < 4.78 is 0. The molecule has 1 saturated heterocycles. The fourth-order valence-electron chi connectivity index (χ4n) is 1.83. The molecule has 88 valence electrons. The summed E-state index contributed by atoms with van der Waals surface area (Å²) in [6.07, 6.45) is 2.35. The molecule has 15 heavy (non-hydrogen) atoms. The molecular weight excluding hydrogens is 192 g/mol. The molecule has 0 saturated carbocycles. The van der Waals surface area contributed by atoms with Crippen LogP contribution in [0.15, 0.2) is 0 Å². The number of hydrogen-bond acceptors (Lipinski definition) is 2. The minimum atomic E-state index is -0.597. The van der Waals surface area contributed by atoms with Crippen molar-refractivity contribution in [2.24, 2.45) is 0 Å². The summed E-state index contributed by atoms with van der Waals surface area (Å²) in [6.45, 7) is 5.97. The Morgan fingerprint density at radius 2 is 2.13 bits per heavy atom. The highest BCUT2D eigenvalue weighted by Gasteiger charge is 2.27. The number of hydrogen-bond donors (Lipinski definition) is 1. The van der Waals surface area contributed by atoms with Gasteiger partial charge in [-0.2, -0.15) is 0 Å². The summed E-state index contributed by atoms with van der Waals surface area (Å²) in [5, 5.41) is 9.90. The predicted octanol–water partition coefficient (Wildman–Crippen LogP) is 1.29. The molecule has 1 rings (SSSR count). The van der Waals surface area contributed by atoms with Crippen molar-refractivity contribution in [2.75, 3.05) is 26.7 Å². The standard InChI is InChI=1S/C11H22N2O2/c1-4-12(3)10(14)13-8-5-6-11(2,15)7-9-13/h15H,4-9H2,1-3H3. The van der Waals surface area contributed by atoms with Gasteiger partial charge in [-0.05, 0) is 33.1 Å². The lowest BCUT2D eigenvalue weighted by Crippen LogP contribution is -2.42. The number of likely N-dealkylation sites (tertiary alicyclic amines) is 1. The summed E-state index contributed by atoms with van der Waals surface area (Å²) >= 11 is 0. The molecule has 0 aromatic carbocycles. The van der Waals surface area contributed by atoms with Gasteiger partial charge >= 0.3 is 6.03 Å². The van der Waals surface area contributed by atoms with E-state index < -0.39 is 5.60 Å². The third kappa shape index (κ3) is 3.38. The van der Waals surface area contributed by atoms with E-state index in [4.69, 9.17) is 0 Å². The molecule has 1 aliphatic rings. The zero-order valence-electron chi connectivity index (χ0n) is 9.99. The second-order valence-corrected chi connectivity index (χ2v) is 4.63. The van der Waals surface area contributed by atoms with Crippen molar-refractivity contribution in [1.82, 2.24) is 9.80 Å². The largest absolute Gasteiger partial charge is 0.390 e. The van der Waals surface area contributed by atoms with E-state index in [0.717, 1.165) is 25.9 Å². The first-order valence-corrected chi connectivity index (χ1v) is 5.69. The Balaban J connectivity index is 2.54.